The van der Waals surface area contributed by atoms with Gasteiger partial charge in [-0.1, -0.05) is 0 Å². The molecule has 2 aliphatic rings. The van der Waals surface area contributed by atoms with Crippen LogP contribution in [0.25, 0.3) is 11.5 Å². The summed E-state index contributed by atoms with van der Waals surface area (Å²) >= 11 is 0. The predicted molar refractivity (Wildman–Crippen MR) is 82.0 cm³/mol. The van der Waals surface area contributed by atoms with Crippen molar-refractivity contribution in [2.75, 3.05) is 13.7 Å². The normalized spacial score (nSPS) is 20.0. The van der Waals surface area contributed by atoms with Crippen LogP contribution in [0.2, 0.25) is 0 Å². The molecule has 0 spiro atoms. The lowest BCUT2D eigenvalue weighted by Gasteiger charge is -2.13. The highest BCUT2D eigenvalue weighted by atomic mass is 16.5. The van der Waals surface area contributed by atoms with E-state index in [0.717, 1.165) is 24.2 Å². The quantitative estimate of drug-likeness (QED) is 0.793. The highest BCUT2D eigenvalue weighted by molar-refractivity contribution is 6.04. The first-order valence-electron chi connectivity index (χ1n) is 7.76. The van der Waals surface area contributed by atoms with Crippen LogP contribution in [-0.2, 0) is 11.3 Å². The lowest BCUT2D eigenvalue weighted by atomic mass is 10.2. The number of urea groups is 1. The standard InChI is InChI=1S/C16H16N4O4/c1-23-11-6-4-10(5-7-11)14-18-17-13(24-14)9-20-15(21)12-3-2-8-19(12)16(20)22/h4-7,12H,2-3,8-9H2,1H3. The molecule has 3 amide bonds. The van der Waals surface area contributed by atoms with Gasteiger partial charge < -0.3 is 14.1 Å². The number of hydrogen-bond donors (Lipinski definition) is 0. The van der Waals surface area contributed by atoms with Crippen molar-refractivity contribution in [1.29, 1.82) is 0 Å². The number of hydrogen-bond acceptors (Lipinski definition) is 6. The molecule has 2 aromatic rings. The summed E-state index contributed by atoms with van der Waals surface area (Å²) in [5, 5.41) is 7.93. The van der Waals surface area contributed by atoms with E-state index in [1.54, 1.807) is 36.3 Å². The average molecular weight is 328 g/mol. The molecule has 1 aromatic heterocycles. The molecule has 1 atom stereocenters. The Morgan fingerprint density at radius 2 is 2.04 bits per heavy atom. The van der Waals surface area contributed by atoms with E-state index in [1.807, 2.05) is 0 Å². The van der Waals surface area contributed by atoms with Gasteiger partial charge in [0, 0.05) is 12.1 Å². The summed E-state index contributed by atoms with van der Waals surface area (Å²) in [4.78, 5) is 27.4. The number of carbonyl (C=O) groups is 2. The van der Waals surface area contributed by atoms with Crippen LogP contribution in [-0.4, -0.2) is 51.6 Å². The molecule has 4 rings (SSSR count). The Morgan fingerprint density at radius 1 is 1.25 bits per heavy atom. The second-order valence-electron chi connectivity index (χ2n) is 5.79. The minimum absolute atomic E-state index is 0.00776. The lowest BCUT2D eigenvalue weighted by Crippen LogP contribution is -2.32. The van der Waals surface area contributed by atoms with Crippen LogP contribution in [0.1, 0.15) is 18.7 Å². The van der Waals surface area contributed by atoms with Crippen molar-refractivity contribution < 1.29 is 18.7 Å². The summed E-state index contributed by atoms with van der Waals surface area (Å²) in [5.74, 6) is 1.13. The molecule has 3 heterocycles. The van der Waals surface area contributed by atoms with Crippen molar-refractivity contribution in [1.82, 2.24) is 20.0 Å². The molecule has 8 heteroatoms. The van der Waals surface area contributed by atoms with E-state index in [4.69, 9.17) is 9.15 Å². The van der Waals surface area contributed by atoms with Crippen molar-refractivity contribution in [3.63, 3.8) is 0 Å². The van der Waals surface area contributed by atoms with E-state index in [1.165, 1.54) is 4.90 Å². The van der Waals surface area contributed by atoms with E-state index < -0.39 is 0 Å². The van der Waals surface area contributed by atoms with Crippen LogP contribution in [0.4, 0.5) is 4.79 Å². The van der Waals surface area contributed by atoms with Crippen LogP contribution < -0.4 is 4.74 Å². The SMILES string of the molecule is COc1ccc(-c2nnc(CN3C(=O)C4CCCN4C3=O)o2)cc1. The molecule has 2 fully saturated rings. The Balaban J connectivity index is 1.51. The summed E-state index contributed by atoms with van der Waals surface area (Å²) in [6, 6.07) is 6.60. The maximum absolute atomic E-state index is 12.3. The van der Waals surface area contributed by atoms with Gasteiger partial charge in [0.05, 0.1) is 7.11 Å². The number of methoxy groups -OCH3 is 1. The number of ether oxygens (including phenoxy) is 1. The maximum atomic E-state index is 12.3. The summed E-state index contributed by atoms with van der Waals surface area (Å²) < 4.78 is 10.7. The molecule has 0 aliphatic carbocycles. The number of imide groups is 1. The van der Waals surface area contributed by atoms with Gasteiger partial charge in [-0.15, -0.1) is 10.2 Å². The van der Waals surface area contributed by atoms with Gasteiger partial charge in [-0.05, 0) is 37.1 Å². The van der Waals surface area contributed by atoms with E-state index in [-0.39, 0.29) is 30.4 Å². The third kappa shape index (κ3) is 2.31. The summed E-state index contributed by atoms with van der Waals surface area (Å²) in [7, 11) is 1.59. The van der Waals surface area contributed by atoms with Crippen molar-refractivity contribution >= 4 is 11.9 Å². The molecule has 0 N–H and O–H groups in total. The van der Waals surface area contributed by atoms with Gasteiger partial charge in [-0.2, -0.15) is 0 Å². The van der Waals surface area contributed by atoms with Gasteiger partial charge in [0.25, 0.3) is 5.91 Å². The fourth-order valence-corrected chi connectivity index (χ4v) is 3.13. The summed E-state index contributed by atoms with van der Waals surface area (Å²) in [6.07, 6.45) is 1.60. The van der Waals surface area contributed by atoms with Crippen LogP contribution in [0.3, 0.4) is 0 Å². The second kappa shape index (κ2) is 5.63. The van der Waals surface area contributed by atoms with Crippen LogP contribution >= 0.6 is 0 Å². The minimum atomic E-state index is -0.318. The largest absolute Gasteiger partial charge is 0.497 e. The number of fused-ring (bicyclic) bond motifs is 1. The van der Waals surface area contributed by atoms with Gasteiger partial charge in [0.2, 0.25) is 11.8 Å². The van der Waals surface area contributed by atoms with E-state index in [9.17, 15) is 9.59 Å². The minimum Gasteiger partial charge on any atom is -0.497 e. The van der Waals surface area contributed by atoms with Crippen LogP contribution in [0.15, 0.2) is 28.7 Å². The molecule has 0 saturated carbocycles. The van der Waals surface area contributed by atoms with Crippen molar-refractivity contribution in [3.05, 3.63) is 30.2 Å². The molecular formula is C16H16N4O4. The highest BCUT2D eigenvalue weighted by Gasteiger charge is 2.47. The monoisotopic (exact) mass is 328 g/mol. The first-order chi connectivity index (χ1) is 11.7. The Hall–Kier alpha value is -2.90. The molecule has 24 heavy (non-hydrogen) atoms. The Labute approximate surface area is 138 Å². The lowest BCUT2D eigenvalue weighted by molar-refractivity contribution is -0.128. The first-order valence-corrected chi connectivity index (χ1v) is 7.76. The number of benzene rings is 1. The molecule has 2 saturated heterocycles. The van der Waals surface area contributed by atoms with E-state index in [0.29, 0.717) is 12.4 Å². The van der Waals surface area contributed by atoms with Crippen molar-refractivity contribution in [2.24, 2.45) is 0 Å². The van der Waals surface area contributed by atoms with Crippen molar-refractivity contribution in [3.8, 4) is 17.2 Å². The number of carbonyl (C=O) groups excluding carboxylic acids is 2. The average Bonchev–Trinajstić information content (AvgIpc) is 3.31. The number of rotatable bonds is 4. The van der Waals surface area contributed by atoms with Gasteiger partial charge in [0.1, 0.15) is 18.3 Å². The Kier molecular flexibility index (Phi) is 3.44. The highest BCUT2D eigenvalue weighted by Crippen LogP contribution is 2.29. The van der Waals surface area contributed by atoms with Crippen LogP contribution in [0.5, 0.6) is 5.75 Å². The smallest absolute Gasteiger partial charge is 0.327 e. The molecule has 124 valence electrons. The Bertz CT molecular complexity index is 764. The fourth-order valence-electron chi connectivity index (χ4n) is 3.13. The number of nitrogens with zero attached hydrogens (tertiary/aromatic N) is 4. The van der Waals surface area contributed by atoms with Crippen LogP contribution in [0, 0.1) is 0 Å². The molecular weight excluding hydrogens is 312 g/mol. The third-order valence-corrected chi connectivity index (χ3v) is 4.38. The zero-order valence-electron chi connectivity index (χ0n) is 13.1. The molecule has 0 bridgehead atoms. The van der Waals surface area contributed by atoms with Gasteiger partial charge >= 0.3 is 6.03 Å². The zero-order valence-corrected chi connectivity index (χ0v) is 13.1. The topological polar surface area (TPSA) is 88.8 Å². The summed E-state index contributed by atoms with van der Waals surface area (Å²) in [5.41, 5.74) is 0.745. The maximum Gasteiger partial charge on any atom is 0.327 e. The molecule has 1 aromatic carbocycles. The molecule has 1 unspecified atom stereocenters. The molecule has 0 radical (unpaired) electrons. The van der Waals surface area contributed by atoms with Gasteiger partial charge in [0.15, 0.2) is 0 Å². The van der Waals surface area contributed by atoms with Gasteiger partial charge in [-0.3, -0.25) is 9.69 Å². The third-order valence-electron chi connectivity index (χ3n) is 4.38. The van der Waals surface area contributed by atoms with E-state index in [2.05, 4.69) is 10.2 Å². The second-order valence-corrected chi connectivity index (χ2v) is 5.79. The Morgan fingerprint density at radius 3 is 2.75 bits per heavy atom. The molecule has 2 aliphatic heterocycles. The number of aromatic nitrogens is 2. The van der Waals surface area contributed by atoms with E-state index >= 15 is 0 Å². The van der Waals surface area contributed by atoms with Crippen molar-refractivity contribution in [2.45, 2.75) is 25.4 Å². The molecule has 8 nitrogen and oxygen atoms in total. The fraction of sp³-hybridized carbons (Fsp3) is 0.375. The first kappa shape index (κ1) is 14.7. The zero-order chi connectivity index (χ0) is 16.7. The number of amides is 3. The predicted octanol–water partition coefficient (Wildman–Crippen LogP) is 1.67. The van der Waals surface area contributed by atoms with Gasteiger partial charge in [-0.25, -0.2) is 4.79 Å². The summed E-state index contributed by atoms with van der Waals surface area (Å²) in [6.45, 7) is 0.639.